The SMILES string of the molecule is O=C1NC(=O)N(c2ccc(Br)cc2)C(=O)/C1=C\c1cn(Cc2ccc(F)cc2)c2ccccc12. The summed E-state index contributed by atoms with van der Waals surface area (Å²) in [6, 6.07) is 19.7. The third-order valence-corrected chi connectivity index (χ3v) is 6.10. The number of para-hydroxylation sites is 1. The summed E-state index contributed by atoms with van der Waals surface area (Å²) >= 11 is 3.33. The molecule has 0 unspecified atom stereocenters. The number of amides is 4. The zero-order valence-corrected chi connectivity index (χ0v) is 19.3. The summed E-state index contributed by atoms with van der Waals surface area (Å²) in [5.41, 5.74) is 2.65. The molecule has 0 saturated carbocycles. The lowest BCUT2D eigenvalue weighted by molar-refractivity contribution is -0.122. The number of fused-ring (bicyclic) bond motifs is 1. The van der Waals surface area contributed by atoms with Crippen LogP contribution in [0.2, 0.25) is 0 Å². The molecule has 0 atom stereocenters. The van der Waals surface area contributed by atoms with E-state index in [0.717, 1.165) is 25.8 Å². The number of nitrogens with zero attached hydrogens (tertiary/aromatic N) is 2. The number of rotatable bonds is 4. The van der Waals surface area contributed by atoms with Crippen molar-refractivity contribution >= 4 is 56.4 Å². The molecular formula is C26H17BrFN3O3. The van der Waals surface area contributed by atoms with Crippen LogP contribution in [0.4, 0.5) is 14.9 Å². The van der Waals surface area contributed by atoms with E-state index in [2.05, 4.69) is 21.2 Å². The van der Waals surface area contributed by atoms with E-state index in [1.54, 1.807) is 36.4 Å². The Kier molecular flexibility index (Phi) is 5.59. The number of urea groups is 1. The van der Waals surface area contributed by atoms with Crippen molar-refractivity contribution in [3.8, 4) is 0 Å². The number of barbiturate groups is 1. The molecule has 1 aromatic heterocycles. The minimum Gasteiger partial charge on any atom is -0.342 e. The van der Waals surface area contributed by atoms with Crippen molar-refractivity contribution in [2.45, 2.75) is 6.54 Å². The first kappa shape index (κ1) is 21.8. The number of hydrogen-bond donors (Lipinski definition) is 1. The van der Waals surface area contributed by atoms with Gasteiger partial charge in [-0.25, -0.2) is 14.1 Å². The Bertz CT molecular complexity index is 1470. The molecule has 0 bridgehead atoms. The smallest absolute Gasteiger partial charge is 0.335 e. The average molecular weight is 518 g/mol. The first-order valence-corrected chi connectivity index (χ1v) is 11.2. The second-order valence-corrected chi connectivity index (χ2v) is 8.71. The van der Waals surface area contributed by atoms with E-state index in [-0.39, 0.29) is 11.4 Å². The maximum absolute atomic E-state index is 13.3. The number of carbonyl (C=O) groups is 3. The summed E-state index contributed by atoms with van der Waals surface area (Å²) in [6.45, 7) is 0.480. The van der Waals surface area contributed by atoms with Gasteiger partial charge in [0.15, 0.2) is 0 Å². The highest BCUT2D eigenvalue weighted by molar-refractivity contribution is 9.10. The minimum atomic E-state index is -0.798. The summed E-state index contributed by atoms with van der Waals surface area (Å²) in [6.07, 6.45) is 3.33. The molecule has 8 heteroatoms. The second-order valence-electron chi connectivity index (χ2n) is 7.79. The van der Waals surface area contributed by atoms with Crippen LogP contribution in [0, 0.1) is 5.82 Å². The molecule has 4 amide bonds. The molecule has 2 heterocycles. The van der Waals surface area contributed by atoms with E-state index in [4.69, 9.17) is 0 Å². The zero-order chi connectivity index (χ0) is 23.8. The molecule has 6 nitrogen and oxygen atoms in total. The van der Waals surface area contributed by atoms with Crippen LogP contribution in [-0.4, -0.2) is 22.4 Å². The Labute approximate surface area is 202 Å². The van der Waals surface area contributed by atoms with Gasteiger partial charge in [-0.3, -0.25) is 14.9 Å². The van der Waals surface area contributed by atoms with Crippen LogP contribution in [-0.2, 0) is 16.1 Å². The lowest BCUT2D eigenvalue weighted by Crippen LogP contribution is -2.54. The van der Waals surface area contributed by atoms with Gasteiger partial charge in [-0.2, -0.15) is 0 Å². The fraction of sp³-hybridized carbons (Fsp3) is 0.0385. The Balaban J connectivity index is 1.56. The highest BCUT2D eigenvalue weighted by atomic mass is 79.9. The molecule has 1 aliphatic rings. The number of benzene rings is 3. The number of carbonyl (C=O) groups excluding carboxylic acids is 3. The molecule has 1 aliphatic heterocycles. The number of anilines is 1. The van der Waals surface area contributed by atoms with Crippen molar-refractivity contribution in [1.82, 2.24) is 9.88 Å². The third-order valence-electron chi connectivity index (χ3n) is 5.57. The van der Waals surface area contributed by atoms with Crippen LogP contribution in [0.3, 0.4) is 0 Å². The van der Waals surface area contributed by atoms with Crippen LogP contribution < -0.4 is 10.2 Å². The van der Waals surface area contributed by atoms with Gasteiger partial charge in [0.25, 0.3) is 11.8 Å². The van der Waals surface area contributed by atoms with Crippen LogP contribution in [0.5, 0.6) is 0 Å². The molecule has 1 saturated heterocycles. The van der Waals surface area contributed by atoms with Gasteiger partial charge in [0.05, 0.1) is 5.69 Å². The molecule has 34 heavy (non-hydrogen) atoms. The Morgan fingerprint density at radius 3 is 2.35 bits per heavy atom. The van der Waals surface area contributed by atoms with Crippen molar-refractivity contribution in [2.24, 2.45) is 0 Å². The molecule has 168 valence electrons. The van der Waals surface area contributed by atoms with Crippen molar-refractivity contribution in [3.63, 3.8) is 0 Å². The Morgan fingerprint density at radius 1 is 0.912 bits per heavy atom. The summed E-state index contributed by atoms with van der Waals surface area (Å²) in [7, 11) is 0. The third kappa shape index (κ3) is 4.04. The van der Waals surface area contributed by atoms with Crippen molar-refractivity contribution in [2.75, 3.05) is 4.90 Å². The normalized spacial score (nSPS) is 15.3. The van der Waals surface area contributed by atoms with Crippen LogP contribution in [0.25, 0.3) is 17.0 Å². The van der Waals surface area contributed by atoms with Crippen molar-refractivity contribution in [1.29, 1.82) is 0 Å². The topological polar surface area (TPSA) is 71.4 Å². The average Bonchev–Trinajstić information content (AvgIpc) is 3.16. The van der Waals surface area contributed by atoms with Gasteiger partial charge in [-0.1, -0.05) is 46.3 Å². The first-order valence-electron chi connectivity index (χ1n) is 10.4. The van der Waals surface area contributed by atoms with Gasteiger partial charge in [0.2, 0.25) is 0 Å². The predicted molar refractivity (Wildman–Crippen MR) is 131 cm³/mol. The van der Waals surface area contributed by atoms with E-state index in [1.165, 1.54) is 18.2 Å². The number of halogens is 2. The number of hydrogen-bond acceptors (Lipinski definition) is 3. The summed E-state index contributed by atoms with van der Waals surface area (Å²) in [5.74, 6) is -1.76. The first-order chi connectivity index (χ1) is 16.4. The molecule has 0 radical (unpaired) electrons. The van der Waals surface area contributed by atoms with E-state index in [0.29, 0.717) is 17.8 Å². The maximum atomic E-state index is 13.3. The maximum Gasteiger partial charge on any atom is 0.335 e. The largest absolute Gasteiger partial charge is 0.342 e. The fourth-order valence-corrected chi connectivity index (χ4v) is 4.21. The van der Waals surface area contributed by atoms with Crippen LogP contribution >= 0.6 is 15.9 Å². The lowest BCUT2D eigenvalue weighted by atomic mass is 10.1. The number of aromatic nitrogens is 1. The quantitative estimate of drug-likeness (QED) is 0.296. The second kappa shape index (κ2) is 8.72. The molecular weight excluding hydrogens is 501 g/mol. The van der Waals surface area contributed by atoms with Crippen molar-refractivity contribution < 1.29 is 18.8 Å². The highest BCUT2D eigenvalue weighted by Gasteiger charge is 2.37. The zero-order valence-electron chi connectivity index (χ0n) is 17.7. The van der Waals surface area contributed by atoms with E-state index < -0.39 is 17.8 Å². The van der Waals surface area contributed by atoms with Crippen molar-refractivity contribution in [3.05, 3.63) is 106 Å². The predicted octanol–water partition coefficient (Wildman–Crippen LogP) is 5.26. The van der Waals surface area contributed by atoms with Gasteiger partial charge < -0.3 is 4.57 Å². The van der Waals surface area contributed by atoms with E-state index in [9.17, 15) is 18.8 Å². The summed E-state index contributed by atoms with van der Waals surface area (Å²) < 4.78 is 16.1. The van der Waals surface area contributed by atoms with Gasteiger partial charge >= 0.3 is 6.03 Å². The minimum absolute atomic E-state index is 0.146. The number of imide groups is 2. The fourth-order valence-electron chi connectivity index (χ4n) is 3.95. The standard InChI is InChI=1S/C26H17BrFN3O3/c27-18-7-11-20(12-8-18)31-25(33)22(24(32)29-26(31)34)13-17-15-30(23-4-2-1-3-21(17)23)14-16-5-9-19(28)10-6-16/h1-13,15H,14H2,(H,29,32,34)/b22-13-. The molecule has 0 aliphatic carbocycles. The highest BCUT2D eigenvalue weighted by Crippen LogP contribution is 2.28. The molecule has 0 spiro atoms. The monoisotopic (exact) mass is 517 g/mol. The Morgan fingerprint density at radius 2 is 1.62 bits per heavy atom. The summed E-state index contributed by atoms with van der Waals surface area (Å²) in [5, 5.41) is 3.09. The van der Waals surface area contributed by atoms with Crippen LogP contribution in [0.15, 0.2) is 89.0 Å². The molecule has 1 N–H and O–H groups in total. The van der Waals surface area contributed by atoms with Gasteiger partial charge in [-0.15, -0.1) is 0 Å². The van der Waals surface area contributed by atoms with Gasteiger partial charge in [0.1, 0.15) is 11.4 Å². The molecule has 1 fully saturated rings. The van der Waals surface area contributed by atoms with Crippen LogP contribution in [0.1, 0.15) is 11.1 Å². The number of nitrogens with one attached hydrogen (secondary N) is 1. The molecule has 5 rings (SSSR count). The van der Waals surface area contributed by atoms with E-state index >= 15 is 0 Å². The lowest BCUT2D eigenvalue weighted by Gasteiger charge is -2.26. The molecule has 3 aromatic carbocycles. The van der Waals surface area contributed by atoms with Gasteiger partial charge in [0, 0.05) is 33.7 Å². The summed E-state index contributed by atoms with van der Waals surface area (Å²) in [4.78, 5) is 39.2. The van der Waals surface area contributed by atoms with Gasteiger partial charge in [-0.05, 0) is 54.1 Å². The van der Waals surface area contributed by atoms with E-state index in [1.807, 2.05) is 35.0 Å². The Hall–Kier alpha value is -4.04. The molecule has 4 aromatic rings.